The summed E-state index contributed by atoms with van der Waals surface area (Å²) in [5.41, 5.74) is 0.596. The summed E-state index contributed by atoms with van der Waals surface area (Å²) in [5.74, 6) is -0.759. The van der Waals surface area contributed by atoms with Crippen LogP contribution in [0.2, 0.25) is 0 Å². The quantitative estimate of drug-likeness (QED) is 0.856. The minimum Gasteiger partial charge on any atom is -0.477 e. The van der Waals surface area contributed by atoms with Gasteiger partial charge in [-0.05, 0) is 13.0 Å². The van der Waals surface area contributed by atoms with E-state index in [1.54, 1.807) is 13.1 Å². The summed E-state index contributed by atoms with van der Waals surface area (Å²) in [4.78, 5) is 22.9. The van der Waals surface area contributed by atoms with E-state index in [1.807, 2.05) is 5.38 Å². The Morgan fingerprint density at radius 1 is 1.53 bits per heavy atom. The molecule has 0 fully saturated rings. The highest BCUT2D eigenvalue weighted by atomic mass is 32.1. The van der Waals surface area contributed by atoms with Gasteiger partial charge in [-0.3, -0.25) is 0 Å². The van der Waals surface area contributed by atoms with Crippen molar-refractivity contribution in [2.45, 2.75) is 13.5 Å². The summed E-state index contributed by atoms with van der Waals surface area (Å²) in [6, 6.07) is 1.43. The number of nitrogens with one attached hydrogen (secondary N) is 1. The number of carboxylic acids is 1. The predicted molar refractivity (Wildman–Crippen MR) is 63.2 cm³/mol. The van der Waals surface area contributed by atoms with E-state index in [0.29, 0.717) is 18.2 Å². The first-order valence-electron chi connectivity index (χ1n) is 4.86. The maximum Gasteiger partial charge on any atom is 0.354 e. The van der Waals surface area contributed by atoms with Gasteiger partial charge in [-0.15, -0.1) is 11.3 Å². The van der Waals surface area contributed by atoms with E-state index in [1.165, 1.54) is 17.4 Å². The van der Waals surface area contributed by atoms with Gasteiger partial charge >= 0.3 is 5.97 Å². The third-order valence-corrected chi connectivity index (χ3v) is 2.73. The van der Waals surface area contributed by atoms with Crippen molar-refractivity contribution in [1.82, 2.24) is 15.0 Å². The van der Waals surface area contributed by atoms with Crippen molar-refractivity contribution in [2.75, 3.05) is 5.32 Å². The van der Waals surface area contributed by atoms with Crippen LogP contribution in [0.1, 0.15) is 21.2 Å². The first-order chi connectivity index (χ1) is 8.15. The molecule has 2 aromatic rings. The number of aromatic nitrogens is 3. The summed E-state index contributed by atoms with van der Waals surface area (Å²) >= 11 is 1.51. The highest BCUT2D eigenvalue weighted by Gasteiger charge is 2.08. The number of carbonyl (C=O) groups is 1. The van der Waals surface area contributed by atoms with Gasteiger partial charge in [-0.1, -0.05) is 0 Å². The van der Waals surface area contributed by atoms with Crippen molar-refractivity contribution in [3.8, 4) is 0 Å². The minimum atomic E-state index is -1.06. The molecular weight excluding hydrogens is 240 g/mol. The number of aryl methyl sites for hydroxylation is 1. The van der Waals surface area contributed by atoms with Crippen molar-refractivity contribution in [3.63, 3.8) is 0 Å². The predicted octanol–water partition coefficient (Wildman–Crippen LogP) is 1.55. The molecule has 0 unspecified atom stereocenters. The van der Waals surface area contributed by atoms with Gasteiger partial charge in [0.05, 0.1) is 6.54 Å². The highest BCUT2D eigenvalue weighted by Crippen LogP contribution is 2.09. The number of hydrogen-bond acceptors (Lipinski definition) is 6. The van der Waals surface area contributed by atoms with Crippen LogP contribution in [0.25, 0.3) is 0 Å². The van der Waals surface area contributed by atoms with Crippen LogP contribution in [0.15, 0.2) is 17.6 Å². The molecule has 7 heteroatoms. The Labute approximate surface area is 101 Å². The van der Waals surface area contributed by atoms with Crippen molar-refractivity contribution >= 4 is 23.3 Å². The molecule has 0 aromatic carbocycles. The Hall–Kier alpha value is -2.02. The van der Waals surface area contributed by atoms with Gasteiger partial charge in [0.15, 0.2) is 5.69 Å². The lowest BCUT2D eigenvalue weighted by atomic mass is 10.3. The standard InChI is InChI=1S/C10H10N4O2S/c1-6-4-7(9(15)16)14-10(13-6)12-5-8-11-2-3-17-8/h2-4H,5H2,1H3,(H,15,16)(H,12,13,14). The fourth-order valence-corrected chi connectivity index (χ4v) is 1.81. The summed E-state index contributed by atoms with van der Waals surface area (Å²) in [7, 11) is 0. The van der Waals surface area contributed by atoms with Gasteiger partial charge in [0.25, 0.3) is 0 Å². The Kier molecular flexibility index (Phi) is 3.29. The molecule has 2 heterocycles. The SMILES string of the molecule is Cc1cc(C(=O)O)nc(NCc2nccs2)n1. The molecule has 0 atom stereocenters. The first-order valence-corrected chi connectivity index (χ1v) is 5.74. The monoisotopic (exact) mass is 250 g/mol. The molecule has 0 saturated heterocycles. The molecule has 0 amide bonds. The minimum absolute atomic E-state index is 0.0147. The van der Waals surface area contributed by atoms with E-state index >= 15 is 0 Å². The Morgan fingerprint density at radius 3 is 3.00 bits per heavy atom. The van der Waals surface area contributed by atoms with Crippen molar-refractivity contribution < 1.29 is 9.90 Å². The molecule has 0 aliphatic rings. The molecule has 0 saturated carbocycles. The Bertz CT molecular complexity index is 527. The van der Waals surface area contributed by atoms with Crippen LogP contribution < -0.4 is 5.32 Å². The maximum atomic E-state index is 10.8. The number of hydrogen-bond donors (Lipinski definition) is 2. The number of aromatic carboxylic acids is 1. The van der Waals surface area contributed by atoms with Crippen molar-refractivity contribution in [1.29, 1.82) is 0 Å². The van der Waals surface area contributed by atoms with Crippen LogP contribution in [-0.2, 0) is 6.54 Å². The van der Waals surface area contributed by atoms with Crippen LogP contribution in [0, 0.1) is 6.92 Å². The van der Waals surface area contributed by atoms with Gasteiger partial charge in [-0.2, -0.15) is 0 Å². The van der Waals surface area contributed by atoms with Gasteiger partial charge in [0.2, 0.25) is 5.95 Å². The second-order valence-corrected chi connectivity index (χ2v) is 4.28. The molecule has 2 N–H and O–H groups in total. The molecule has 2 rings (SSSR count). The lowest BCUT2D eigenvalue weighted by molar-refractivity contribution is 0.0690. The van der Waals surface area contributed by atoms with Crippen LogP contribution in [0.5, 0.6) is 0 Å². The summed E-state index contributed by atoms with van der Waals surface area (Å²) in [6.45, 7) is 2.21. The molecular formula is C10H10N4O2S. The normalized spacial score (nSPS) is 10.2. The molecule has 0 radical (unpaired) electrons. The summed E-state index contributed by atoms with van der Waals surface area (Å²) in [5, 5.41) is 14.6. The van der Waals surface area contributed by atoms with E-state index in [4.69, 9.17) is 5.11 Å². The van der Waals surface area contributed by atoms with Crippen molar-refractivity contribution in [2.24, 2.45) is 0 Å². The zero-order valence-corrected chi connectivity index (χ0v) is 9.86. The van der Waals surface area contributed by atoms with Gasteiger partial charge in [-0.25, -0.2) is 19.7 Å². The Morgan fingerprint density at radius 2 is 2.35 bits per heavy atom. The fraction of sp³-hybridized carbons (Fsp3) is 0.200. The number of rotatable bonds is 4. The third kappa shape index (κ3) is 2.97. The lowest BCUT2D eigenvalue weighted by Gasteiger charge is -2.04. The average Bonchev–Trinajstić information content (AvgIpc) is 2.78. The van der Waals surface area contributed by atoms with Gasteiger partial charge < -0.3 is 10.4 Å². The average molecular weight is 250 g/mol. The van der Waals surface area contributed by atoms with Crippen LogP contribution in [0.4, 0.5) is 5.95 Å². The summed E-state index contributed by atoms with van der Waals surface area (Å²) in [6.07, 6.45) is 1.71. The molecule has 17 heavy (non-hydrogen) atoms. The molecule has 88 valence electrons. The summed E-state index contributed by atoms with van der Waals surface area (Å²) < 4.78 is 0. The van der Waals surface area contributed by atoms with Gasteiger partial charge in [0.1, 0.15) is 5.01 Å². The van der Waals surface area contributed by atoms with E-state index in [-0.39, 0.29) is 5.69 Å². The van der Waals surface area contributed by atoms with Crippen LogP contribution in [0.3, 0.4) is 0 Å². The Balaban J connectivity index is 2.13. The largest absolute Gasteiger partial charge is 0.477 e. The zero-order valence-electron chi connectivity index (χ0n) is 9.04. The molecule has 0 aliphatic carbocycles. The molecule has 0 spiro atoms. The molecule has 2 aromatic heterocycles. The van der Waals surface area contributed by atoms with E-state index < -0.39 is 5.97 Å². The van der Waals surface area contributed by atoms with E-state index in [9.17, 15) is 4.79 Å². The molecule has 6 nitrogen and oxygen atoms in total. The smallest absolute Gasteiger partial charge is 0.354 e. The second kappa shape index (κ2) is 4.88. The lowest BCUT2D eigenvalue weighted by Crippen LogP contribution is -2.09. The second-order valence-electron chi connectivity index (χ2n) is 3.30. The van der Waals surface area contributed by atoms with Crippen LogP contribution in [-0.4, -0.2) is 26.0 Å². The van der Waals surface area contributed by atoms with E-state index in [0.717, 1.165) is 5.01 Å². The van der Waals surface area contributed by atoms with Gasteiger partial charge in [0, 0.05) is 17.3 Å². The zero-order chi connectivity index (χ0) is 12.3. The number of carboxylic acid groups (broad SMARTS) is 1. The maximum absolute atomic E-state index is 10.8. The number of anilines is 1. The van der Waals surface area contributed by atoms with E-state index in [2.05, 4.69) is 20.3 Å². The first kappa shape index (κ1) is 11.5. The van der Waals surface area contributed by atoms with Crippen LogP contribution >= 0.6 is 11.3 Å². The van der Waals surface area contributed by atoms with Crippen molar-refractivity contribution in [3.05, 3.63) is 34.0 Å². The number of thiazole rings is 1. The highest BCUT2D eigenvalue weighted by molar-refractivity contribution is 7.09. The number of nitrogens with zero attached hydrogens (tertiary/aromatic N) is 3. The third-order valence-electron chi connectivity index (χ3n) is 1.95. The topological polar surface area (TPSA) is 88.0 Å². The molecule has 0 aliphatic heterocycles. The fourth-order valence-electron chi connectivity index (χ4n) is 1.25. The molecule has 0 bridgehead atoms.